The van der Waals surface area contributed by atoms with Crippen LogP contribution >= 0.6 is 0 Å². The van der Waals surface area contributed by atoms with Crippen molar-refractivity contribution in [2.75, 3.05) is 7.11 Å². The highest BCUT2D eigenvalue weighted by molar-refractivity contribution is 5.21. The largest absolute Gasteiger partial charge is 0.495 e. The lowest BCUT2D eigenvalue weighted by Gasteiger charge is -2.05. The molecule has 0 aliphatic rings. The number of ether oxygens (including phenoxy) is 2. The Kier molecular flexibility index (Phi) is 3.40. The zero-order valence-electron chi connectivity index (χ0n) is 9.34. The van der Waals surface area contributed by atoms with E-state index in [0.29, 0.717) is 18.1 Å². The molecule has 0 spiro atoms. The van der Waals surface area contributed by atoms with Gasteiger partial charge < -0.3 is 14.5 Å². The van der Waals surface area contributed by atoms with Gasteiger partial charge in [0.15, 0.2) is 0 Å². The van der Waals surface area contributed by atoms with E-state index in [1.54, 1.807) is 25.6 Å². The summed E-state index contributed by atoms with van der Waals surface area (Å²) in [6.07, 6.45) is 3.16. The van der Waals surface area contributed by atoms with Crippen molar-refractivity contribution in [1.82, 2.24) is 9.97 Å². The van der Waals surface area contributed by atoms with Gasteiger partial charge in [0.2, 0.25) is 0 Å². The summed E-state index contributed by atoms with van der Waals surface area (Å²) in [6.45, 7) is 0.313. The molecule has 0 aromatic carbocycles. The van der Waals surface area contributed by atoms with Gasteiger partial charge in [-0.3, -0.25) is 9.78 Å². The van der Waals surface area contributed by atoms with Crippen LogP contribution in [0.15, 0.2) is 41.5 Å². The number of nitrogens with zero attached hydrogens (tertiary/aromatic N) is 1. The highest BCUT2D eigenvalue weighted by Crippen LogP contribution is 2.11. The van der Waals surface area contributed by atoms with Crippen molar-refractivity contribution in [2.45, 2.75) is 6.61 Å². The highest BCUT2D eigenvalue weighted by Gasteiger charge is 1.98. The number of pyridine rings is 2. The molecular weight excluding hydrogens is 220 g/mol. The SMILES string of the molecule is COc1ccc(COc2cc[nH]c(=O)c2)nc1. The third kappa shape index (κ3) is 3.07. The Balaban J connectivity index is 1.99. The van der Waals surface area contributed by atoms with Gasteiger partial charge in [-0.05, 0) is 18.2 Å². The average molecular weight is 232 g/mol. The van der Waals surface area contributed by atoms with Gasteiger partial charge in [0, 0.05) is 12.3 Å². The lowest BCUT2D eigenvalue weighted by atomic mass is 10.3. The Labute approximate surface area is 98.0 Å². The molecule has 0 saturated heterocycles. The Morgan fingerprint density at radius 3 is 2.82 bits per heavy atom. The molecule has 0 unspecified atom stereocenters. The third-order valence-electron chi connectivity index (χ3n) is 2.17. The van der Waals surface area contributed by atoms with Gasteiger partial charge in [-0.2, -0.15) is 0 Å². The maximum absolute atomic E-state index is 11.0. The summed E-state index contributed by atoms with van der Waals surface area (Å²) in [5.41, 5.74) is 0.580. The first-order valence-corrected chi connectivity index (χ1v) is 5.08. The zero-order valence-corrected chi connectivity index (χ0v) is 9.34. The van der Waals surface area contributed by atoms with E-state index < -0.39 is 0 Å². The van der Waals surface area contributed by atoms with Crippen LogP contribution in [0.1, 0.15) is 5.69 Å². The minimum atomic E-state index is -0.190. The van der Waals surface area contributed by atoms with Crippen LogP contribution < -0.4 is 15.0 Å². The summed E-state index contributed by atoms with van der Waals surface area (Å²) in [5, 5.41) is 0. The van der Waals surface area contributed by atoms with Crippen molar-refractivity contribution in [1.29, 1.82) is 0 Å². The molecule has 17 heavy (non-hydrogen) atoms. The zero-order chi connectivity index (χ0) is 12.1. The van der Waals surface area contributed by atoms with E-state index in [2.05, 4.69) is 9.97 Å². The molecule has 0 atom stereocenters. The molecule has 2 aromatic rings. The first kappa shape index (κ1) is 11.2. The fourth-order valence-electron chi connectivity index (χ4n) is 1.29. The predicted octanol–water partition coefficient (Wildman–Crippen LogP) is 1.36. The second-order valence-electron chi connectivity index (χ2n) is 3.37. The highest BCUT2D eigenvalue weighted by atomic mass is 16.5. The van der Waals surface area contributed by atoms with Crippen LogP contribution in [0.2, 0.25) is 0 Å². The molecule has 1 N–H and O–H groups in total. The third-order valence-corrected chi connectivity index (χ3v) is 2.17. The van der Waals surface area contributed by atoms with Crippen LogP contribution in [-0.2, 0) is 6.61 Å². The van der Waals surface area contributed by atoms with E-state index in [-0.39, 0.29) is 5.56 Å². The van der Waals surface area contributed by atoms with E-state index in [4.69, 9.17) is 9.47 Å². The van der Waals surface area contributed by atoms with Gasteiger partial charge in [0.25, 0.3) is 5.56 Å². The summed E-state index contributed by atoms with van der Waals surface area (Å²) in [5.74, 6) is 1.22. The van der Waals surface area contributed by atoms with E-state index in [9.17, 15) is 4.79 Å². The van der Waals surface area contributed by atoms with Crippen LogP contribution in [0, 0.1) is 0 Å². The van der Waals surface area contributed by atoms with Crippen molar-refractivity contribution < 1.29 is 9.47 Å². The topological polar surface area (TPSA) is 64.2 Å². The second kappa shape index (κ2) is 5.16. The van der Waals surface area contributed by atoms with E-state index in [0.717, 1.165) is 5.69 Å². The van der Waals surface area contributed by atoms with Crippen LogP contribution in [-0.4, -0.2) is 17.1 Å². The number of hydrogen-bond donors (Lipinski definition) is 1. The van der Waals surface area contributed by atoms with Crippen LogP contribution in [0.3, 0.4) is 0 Å². The van der Waals surface area contributed by atoms with Crippen molar-refractivity contribution in [3.05, 3.63) is 52.7 Å². The van der Waals surface area contributed by atoms with Crippen LogP contribution in [0.5, 0.6) is 11.5 Å². The van der Waals surface area contributed by atoms with Crippen LogP contribution in [0.4, 0.5) is 0 Å². The summed E-state index contributed by atoms with van der Waals surface area (Å²) in [7, 11) is 1.59. The van der Waals surface area contributed by atoms with E-state index >= 15 is 0 Å². The standard InChI is InChI=1S/C12H12N2O3/c1-16-11-3-2-9(14-7-11)8-17-10-4-5-13-12(15)6-10/h2-7H,8H2,1H3,(H,13,15). The number of hydrogen-bond acceptors (Lipinski definition) is 4. The Morgan fingerprint density at radius 2 is 2.18 bits per heavy atom. The first-order chi connectivity index (χ1) is 8.28. The molecule has 5 heteroatoms. The fourth-order valence-corrected chi connectivity index (χ4v) is 1.29. The minimum absolute atomic E-state index is 0.190. The van der Waals surface area contributed by atoms with Gasteiger partial charge in [-0.25, -0.2) is 0 Å². The smallest absolute Gasteiger partial charge is 0.251 e. The van der Waals surface area contributed by atoms with Gasteiger partial charge in [0.1, 0.15) is 18.1 Å². The quantitative estimate of drug-likeness (QED) is 0.864. The Hall–Kier alpha value is -2.30. The molecule has 0 saturated carbocycles. The van der Waals surface area contributed by atoms with Crippen molar-refractivity contribution in [2.24, 2.45) is 0 Å². The van der Waals surface area contributed by atoms with Crippen molar-refractivity contribution >= 4 is 0 Å². The lowest BCUT2D eigenvalue weighted by Crippen LogP contribution is -2.05. The number of aromatic amines is 1. The number of methoxy groups -OCH3 is 1. The van der Waals surface area contributed by atoms with Crippen molar-refractivity contribution in [3.8, 4) is 11.5 Å². The summed E-state index contributed by atoms with van der Waals surface area (Å²) >= 11 is 0. The molecule has 5 nitrogen and oxygen atoms in total. The molecule has 0 aliphatic heterocycles. The molecule has 0 amide bonds. The van der Waals surface area contributed by atoms with E-state index in [1.807, 2.05) is 12.1 Å². The molecule has 0 aliphatic carbocycles. The summed E-state index contributed by atoms with van der Waals surface area (Å²) in [6, 6.07) is 6.70. The maximum Gasteiger partial charge on any atom is 0.251 e. The maximum atomic E-state index is 11.0. The molecule has 0 radical (unpaired) electrons. The Morgan fingerprint density at radius 1 is 1.29 bits per heavy atom. The molecule has 0 fully saturated rings. The fraction of sp³-hybridized carbons (Fsp3) is 0.167. The van der Waals surface area contributed by atoms with Crippen LogP contribution in [0.25, 0.3) is 0 Å². The first-order valence-electron chi connectivity index (χ1n) is 5.08. The predicted molar refractivity (Wildman–Crippen MR) is 62.2 cm³/mol. The second-order valence-corrected chi connectivity index (χ2v) is 3.37. The molecular formula is C12H12N2O3. The normalized spacial score (nSPS) is 9.94. The summed E-state index contributed by atoms with van der Waals surface area (Å²) in [4.78, 5) is 17.7. The molecule has 0 bridgehead atoms. The molecule has 2 heterocycles. The molecule has 88 valence electrons. The number of rotatable bonds is 4. The summed E-state index contributed by atoms with van der Waals surface area (Å²) < 4.78 is 10.4. The number of H-pyrrole nitrogens is 1. The van der Waals surface area contributed by atoms with E-state index in [1.165, 1.54) is 6.07 Å². The monoisotopic (exact) mass is 232 g/mol. The minimum Gasteiger partial charge on any atom is -0.495 e. The van der Waals surface area contributed by atoms with Gasteiger partial charge in [-0.1, -0.05) is 0 Å². The van der Waals surface area contributed by atoms with Gasteiger partial charge >= 0.3 is 0 Å². The van der Waals surface area contributed by atoms with Gasteiger partial charge in [0.05, 0.1) is 19.0 Å². The Bertz CT molecular complexity index is 534. The average Bonchev–Trinajstić information content (AvgIpc) is 2.37. The molecule has 2 aromatic heterocycles. The molecule has 2 rings (SSSR count). The number of nitrogens with one attached hydrogen (secondary N) is 1. The number of aromatic nitrogens is 2. The lowest BCUT2D eigenvalue weighted by molar-refractivity contribution is 0.300. The van der Waals surface area contributed by atoms with Gasteiger partial charge in [-0.15, -0.1) is 0 Å². The van der Waals surface area contributed by atoms with Crippen molar-refractivity contribution in [3.63, 3.8) is 0 Å².